The van der Waals surface area contributed by atoms with E-state index in [0.29, 0.717) is 11.5 Å². The van der Waals surface area contributed by atoms with Crippen molar-refractivity contribution in [3.8, 4) is 0 Å². The highest BCUT2D eigenvalue weighted by Crippen LogP contribution is 2.45. The number of fused-ring (bicyclic) bond motifs is 2. The molecule has 5 rings (SSSR count). The van der Waals surface area contributed by atoms with E-state index < -0.39 is 24.0 Å². The minimum Gasteiger partial charge on any atom is -0.467 e. The third-order valence-electron chi connectivity index (χ3n) is 5.27. The monoisotopic (exact) mass is 400 g/mol. The maximum atomic E-state index is 13.2. The van der Waals surface area contributed by atoms with E-state index in [-0.39, 0.29) is 24.1 Å². The Hall–Kier alpha value is -3.36. The second-order valence-electron chi connectivity index (χ2n) is 7.07. The SMILES string of the molecule is O=C1C[C@H](c2ccccc2)C=C2Nc3nc(C(F)(F)F)nn3[C@H](c3ccco3)[C@@H]12. The molecule has 0 fully saturated rings. The van der Waals surface area contributed by atoms with Gasteiger partial charge in [-0.05, 0) is 17.7 Å². The Bertz CT molecular complexity index is 1090. The van der Waals surface area contributed by atoms with Crippen molar-refractivity contribution in [2.24, 2.45) is 5.92 Å². The van der Waals surface area contributed by atoms with Gasteiger partial charge in [-0.1, -0.05) is 36.4 Å². The Morgan fingerprint density at radius 2 is 1.93 bits per heavy atom. The Morgan fingerprint density at radius 1 is 1.14 bits per heavy atom. The fourth-order valence-electron chi connectivity index (χ4n) is 4.01. The lowest BCUT2D eigenvalue weighted by Crippen LogP contribution is -2.40. The molecular weight excluding hydrogens is 385 g/mol. The number of carbonyl (C=O) groups excluding carboxylic acids is 1. The molecule has 6 nitrogen and oxygen atoms in total. The van der Waals surface area contributed by atoms with Gasteiger partial charge >= 0.3 is 6.18 Å². The number of hydrogen-bond acceptors (Lipinski definition) is 5. The quantitative estimate of drug-likeness (QED) is 0.699. The van der Waals surface area contributed by atoms with Crippen LogP contribution in [0.25, 0.3) is 0 Å². The topological polar surface area (TPSA) is 73.0 Å². The zero-order valence-corrected chi connectivity index (χ0v) is 14.9. The maximum absolute atomic E-state index is 13.2. The van der Waals surface area contributed by atoms with Gasteiger partial charge in [-0.25, -0.2) is 4.68 Å². The number of ketones is 1. The third-order valence-corrected chi connectivity index (χ3v) is 5.27. The van der Waals surface area contributed by atoms with E-state index in [1.54, 1.807) is 12.1 Å². The van der Waals surface area contributed by atoms with Crippen molar-refractivity contribution in [1.29, 1.82) is 0 Å². The van der Waals surface area contributed by atoms with E-state index in [4.69, 9.17) is 4.42 Å². The summed E-state index contributed by atoms with van der Waals surface area (Å²) in [6.07, 6.45) is -1.14. The second kappa shape index (κ2) is 6.33. The molecule has 0 radical (unpaired) electrons. The molecule has 0 spiro atoms. The average molecular weight is 400 g/mol. The van der Waals surface area contributed by atoms with Gasteiger partial charge in [0.1, 0.15) is 17.6 Å². The Balaban J connectivity index is 1.64. The van der Waals surface area contributed by atoms with Crippen LogP contribution in [0.2, 0.25) is 0 Å². The molecule has 3 atom stereocenters. The Morgan fingerprint density at radius 3 is 2.62 bits per heavy atom. The van der Waals surface area contributed by atoms with Crippen molar-refractivity contribution in [3.05, 3.63) is 77.6 Å². The minimum absolute atomic E-state index is 0.0669. The fourth-order valence-corrected chi connectivity index (χ4v) is 4.01. The van der Waals surface area contributed by atoms with E-state index in [9.17, 15) is 18.0 Å². The number of rotatable bonds is 2. The van der Waals surface area contributed by atoms with Gasteiger partial charge in [0.25, 0.3) is 5.82 Å². The fraction of sp³-hybridized carbons (Fsp3) is 0.250. The lowest BCUT2D eigenvalue weighted by Gasteiger charge is -2.36. The van der Waals surface area contributed by atoms with Gasteiger partial charge in [0.15, 0.2) is 0 Å². The molecule has 148 valence electrons. The van der Waals surface area contributed by atoms with E-state index in [1.165, 1.54) is 6.26 Å². The van der Waals surface area contributed by atoms with Crippen LogP contribution in [0.4, 0.5) is 19.1 Å². The summed E-state index contributed by atoms with van der Waals surface area (Å²) < 4.78 is 46.2. The number of nitrogens with zero attached hydrogens (tertiary/aromatic N) is 3. The molecule has 1 aromatic carbocycles. The Kier molecular flexibility index (Phi) is 3.87. The highest BCUT2D eigenvalue weighted by Gasteiger charge is 2.47. The molecule has 0 unspecified atom stereocenters. The highest BCUT2D eigenvalue weighted by molar-refractivity contribution is 5.88. The standard InChI is InChI=1S/C20H15F3N4O2/c21-20(22,23)18-25-19-24-13-9-12(11-5-2-1-3-6-11)10-14(28)16(13)17(27(19)26-18)15-7-4-8-29-15/h1-9,12,16-17H,10H2,(H,24,25,26)/t12-,16-,17-/m1/s1. The second-order valence-corrected chi connectivity index (χ2v) is 7.07. The van der Waals surface area contributed by atoms with E-state index >= 15 is 0 Å². The normalized spacial score (nSPS) is 23.8. The number of anilines is 1. The summed E-state index contributed by atoms with van der Waals surface area (Å²) in [4.78, 5) is 16.7. The predicted octanol–water partition coefficient (Wildman–Crippen LogP) is 4.16. The van der Waals surface area contributed by atoms with Crippen molar-refractivity contribution in [3.63, 3.8) is 0 Å². The predicted molar refractivity (Wildman–Crippen MR) is 95.9 cm³/mol. The summed E-state index contributed by atoms with van der Waals surface area (Å²) in [6.45, 7) is 0. The van der Waals surface area contributed by atoms with Gasteiger partial charge < -0.3 is 9.73 Å². The van der Waals surface area contributed by atoms with Crippen LogP contribution >= 0.6 is 0 Å². The first kappa shape index (κ1) is 17.7. The van der Waals surface area contributed by atoms with Gasteiger partial charge in [-0.15, -0.1) is 5.10 Å². The van der Waals surface area contributed by atoms with Crippen molar-refractivity contribution in [1.82, 2.24) is 14.8 Å². The number of alkyl halides is 3. The summed E-state index contributed by atoms with van der Waals surface area (Å²) in [6, 6.07) is 11.9. The zero-order valence-electron chi connectivity index (χ0n) is 14.9. The molecule has 1 aliphatic heterocycles. The smallest absolute Gasteiger partial charge is 0.453 e. The number of Topliss-reactive ketones (excluding diaryl/α,β-unsaturated/α-hetero) is 1. The maximum Gasteiger partial charge on any atom is 0.453 e. The molecule has 9 heteroatoms. The largest absolute Gasteiger partial charge is 0.467 e. The molecule has 29 heavy (non-hydrogen) atoms. The van der Waals surface area contributed by atoms with Crippen LogP contribution < -0.4 is 5.32 Å². The summed E-state index contributed by atoms with van der Waals surface area (Å²) in [7, 11) is 0. The molecule has 3 aromatic rings. The van der Waals surface area contributed by atoms with Crippen LogP contribution in [0.5, 0.6) is 0 Å². The molecule has 0 saturated carbocycles. The van der Waals surface area contributed by atoms with Crippen molar-refractivity contribution < 1.29 is 22.4 Å². The van der Waals surface area contributed by atoms with Gasteiger partial charge in [0.05, 0.1) is 12.2 Å². The van der Waals surface area contributed by atoms with Crippen molar-refractivity contribution in [2.75, 3.05) is 5.32 Å². The molecule has 0 bridgehead atoms. The van der Waals surface area contributed by atoms with Crippen molar-refractivity contribution >= 4 is 11.7 Å². The number of allylic oxidation sites excluding steroid dienone is 2. The average Bonchev–Trinajstić information content (AvgIpc) is 3.36. The summed E-state index contributed by atoms with van der Waals surface area (Å²) in [5.74, 6) is -1.97. The van der Waals surface area contributed by atoms with Gasteiger partial charge in [-0.2, -0.15) is 18.2 Å². The van der Waals surface area contributed by atoms with E-state index in [1.807, 2.05) is 36.4 Å². The number of carbonyl (C=O) groups is 1. The first-order chi connectivity index (χ1) is 13.9. The third kappa shape index (κ3) is 2.93. The first-order valence-electron chi connectivity index (χ1n) is 9.05. The minimum atomic E-state index is -4.70. The number of aromatic nitrogens is 3. The molecule has 2 aliphatic rings. The molecule has 0 saturated heterocycles. The van der Waals surface area contributed by atoms with Crippen LogP contribution in [-0.2, 0) is 11.0 Å². The molecule has 1 N–H and O–H groups in total. The number of hydrogen-bond donors (Lipinski definition) is 1. The van der Waals surface area contributed by atoms with Gasteiger partial charge in [0, 0.05) is 18.0 Å². The Labute approximate surface area is 163 Å². The van der Waals surface area contributed by atoms with Gasteiger partial charge in [-0.3, -0.25) is 4.79 Å². The molecule has 0 amide bonds. The van der Waals surface area contributed by atoms with Crippen LogP contribution in [0.1, 0.15) is 35.5 Å². The lowest BCUT2D eigenvalue weighted by atomic mass is 9.77. The van der Waals surface area contributed by atoms with E-state index in [2.05, 4.69) is 15.4 Å². The molecule has 3 heterocycles. The molecule has 1 aliphatic carbocycles. The van der Waals surface area contributed by atoms with Crippen LogP contribution in [-0.4, -0.2) is 20.5 Å². The summed E-state index contributed by atoms with van der Waals surface area (Å²) in [5, 5.41) is 6.54. The summed E-state index contributed by atoms with van der Waals surface area (Å²) >= 11 is 0. The van der Waals surface area contributed by atoms with Crippen molar-refractivity contribution in [2.45, 2.75) is 24.6 Å². The molecular formula is C20H15F3N4O2. The lowest BCUT2D eigenvalue weighted by molar-refractivity contribution is -0.145. The zero-order chi connectivity index (χ0) is 20.2. The first-order valence-corrected chi connectivity index (χ1v) is 9.05. The van der Waals surface area contributed by atoms with Crippen LogP contribution in [0.15, 0.2) is 64.9 Å². The highest BCUT2D eigenvalue weighted by atomic mass is 19.4. The number of nitrogens with one attached hydrogen (secondary N) is 1. The van der Waals surface area contributed by atoms with Crippen LogP contribution in [0, 0.1) is 5.92 Å². The van der Waals surface area contributed by atoms with E-state index in [0.717, 1.165) is 10.2 Å². The summed E-state index contributed by atoms with van der Waals surface area (Å²) in [5.41, 5.74) is 1.48. The number of furan rings is 1. The van der Waals surface area contributed by atoms with Crippen LogP contribution in [0.3, 0.4) is 0 Å². The molecule has 2 aromatic heterocycles. The number of halogens is 3. The number of benzene rings is 1. The van der Waals surface area contributed by atoms with Gasteiger partial charge in [0.2, 0.25) is 5.95 Å².